The average Bonchev–Trinajstić information content (AvgIpc) is 2.15. The zero-order valence-corrected chi connectivity index (χ0v) is 10.4. The zero-order valence-electron chi connectivity index (χ0n) is 10.4. The van der Waals surface area contributed by atoms with Crippen molar-refractivity contribution in [2.45, 2.75) is 39.3 Å². The third-order valence-corrected chi connectivity index (χ3v) is 2.92. The summed E-state index contributed by atoms with van der Waals surface area (Å²) in [5.74, 6) is -1.47. The van der Waals surface area contributed by atoms with Crippen LogP contribution < -0.4 is 5.73 Å². The molecule has 0 saturated carbocycles. The van der Waals surface area contributed by atoms with E-state index >= 15 is 0 Å². The van der Waals surface area contributed by atoms with Crippen molar-refractivity contribution in [3.05, 3.63) is 35.4 Å². The lowest BCUT2D eigenvalue weighted by atomic mass is 9.83. The minimum Gasteiger partial charge on any atom is -0.388 e. The molecular weight excluding hydrogens is 224 g/mol. The maximum absolute atomic E-state index is 13.4. The Kier molecular flexibility index (Phi) is 4.22. The van der Waals surface area contributed by atoms with Gasteiger partial charge in [0.1, 0.15) is 11.6 Å². The van der Waals surface area contributed by atoms with E-state index in [-0.39, 0.29) is 23.4 Å². The summed E-state index contributed by atoms with van der Waals surface area (Å²) >= 11 is 0. The Morgan fingerprint density at radius 2 is 1.71 bits per heavy atom. The molecule has 2 atom stereocenters. The molecule has 0 radical (unpaired) electrons. The number of aliphatic hydroxyl groups excluding tert-OH is 1. The number of nitrogens with two attached hydrogens (primary N) is 1. The van der Waals surface area contributed by atoms with Crippen LogP contribution in [0.5, 0.6) is 0 Å². The topological polar surface area (TPSA) is 46.2 Å². The van der Waals surface area contributed by atoms with Crippen molar-refractivity contribution < 1.29 is 13.9 Å². The molecule has 3 N–H and O–H groups in total. The first-order chi connectivity index (χ1) is 7.73. The molecule has 0 aliphatic rings. The van der Waals surface area contributed by atoms with Gasteiger partial charge < -0.3 is 10.8 Å². The van der Waals surface area contributed by atoms with Crippen molar-refractivity contribution in [2.24, 2.45) is 11.1 Å². The molecule has 1 aromatic rings. The number of aliphatic hydroxyl groups is 1. The Morgan fingerprint density at radius 3 is 2.12 bits per heavy atom. The van der Waals surface area contributed by atoms with Gasteiger partial charge in [-0.25, -0.2) is 8.78 Å². The number of halogens is 2. The number of hydrogen-bond donors (Lipinski definition) is 2. The Morgan fingerprint density at radius 1 is 1.24 bits per heavy atom. The largest absolute Gasteiger partial charge is 0.388 e. The molecule has 4 heteroatoms. The van der Waals surface area contributed by atoms with E-state index in [4.69, 9.17) is 5.73 Å². The molecule has 1 rings (SSSR count). The second-order valence-electron chi connectivity index (χ2n) is 5.36. The summed E-state index contributed by atoms with van der Waals surface area (Å²) in [6, 6.07) is 3.19. The van der Waals surface area contributed by atoms with Gasteiger partial charge in [0, 0.05) is 6.04 Å². The molecule has 17 heavy (non-hydrogen) atoms. The van der Waals surface area contributed by atoms with Gasteiger partial charge in [-0.05, 0) is 24.0 Å². The van der Waals surface area contributed by atoms with Crippen molar-refractivity contribution in [2.75, 3.05) is 0 Å². The smallest absolute Gasteiger partial charge is 0.131 e. The Bertz CT molecular complexity index is 367. The van der Waals surface area contributed by atoms with Gasteiger partial charge in [0.15, 0.2) is 0 Å². The predicted molar refractivity (Wildman–Crippen MR) is 63.4 cm³/mol. The van der Waals surface area contributed by atoms with Crippen LogP contribution in [-0.4, -0.2) is 11.1 Å². The van der Waals surface area contributed by atoms with Gasteiger partial charge in [-0.3, -0.25) is 0 Å². The molecule has 1 aromatic carbocycles. The third-order valence-electron chi connectivity index (χ3n) is 2.92. The molecule has 0 aliphatic carbocycles. The Balaban J connectivity index is 2.87. The fourth-order valence-corrected chi connectivity index (χ4v) is 1.54. The normalized spacial score (nSPS) is 15.7. The van der Waals surface area contributed by atoms with E-state index < -0.39 is 17.7 Å². The van der Waals surface area contributed by atoms with Gasteiger partial charge in [0.2, 0.25) is 0 Å². The van der Waals surface area contributed by atoms with Crippen molar-refractivity contribution >= 4 is 0 Å². The zero-order chi connectivity index (χ0) is 13.2. The van der Waals surface area contributed by atoms with Crippen molar-refractivity contribution in [1.82, 2.24) is 0 Å². The van der Waals surface area contributed by atoms with Gasteiger partial charge in [0.05, 0.1) is 11.7 Å². The lowest BCUT2D eigenvalue weighted by molar-refractivity contribution is 0.126. The quantitative estimate of drug-likeness (QED) is 0.857. The first-order valence-corrected chi connectivity index (χ1v) is 5.61. The number of benzene rings is 1. The van der Waals surface area contributed by atoms with E-state index in [1.807, 2.05) is 20.8 Å². The van der Waals surface area contributed by atoms with Gasteiger partial charge in [-0.1, -0.05) is 26.8 Å². The summed E-state index contributed by atoms with van der Waals surface area (Å²) in [5, 5.41) is 9.86. The molecule has 0 fully saturated rings. The van der Waals surface area contributed by atoms with Crippen LogP contribution in [0.1, 0.15) is 38.9 Å². The van der Waals surface area contributed by atoms with Crippen LogP contribution >= 0.6 is 0 Å². The highest BCUT2D eigenvalue weighted by Gasteiger charge is 2.26. The Labute approximate surface area is 100 Å². The highest BCUT2D eigenvalue weighted by Crippen LogP contribution is 2.29. The van der Waals surface area contributed by atoms with Crippen molar-refractivity contribution in [3.63, 3.8) is 0 Å². The van der Waals surface area contributed by atoms with Crippen LogP contribution in [0.15, 0.2) is 18.2 Å². The lowest BCUT2D eigenvalue weighted by Gasteiger charge is -2.29. The van der Waals surface area contributed by atoms with Crippen LogP contribution in [-0.2, 0) is 0 Å². The SMILES string of the molecule is CC(C)(C)[C@@H](N)C[C@@H](O)c1c(F)cccc1F. The molecular formula is C13H19F2NO. The van der Waals surface area contributed by atoms with Crippen LogP contribution in [0.25, 0.3) is 0 Å². The van der Waals surface area contributed by atoms with Gasteiger partial charge in [0.25, 0.3) is 0 Å². The average molecular weight is 243 g/mol. The summed E-state index contributed by atoms with van der Waals surface area (Å²) in [4.78, 5) is 0. The van der Waals surface area contributed by atoms with E-state index in [1.54, 1.807) is 0 Å². The molecule has 0 heterocycles. The van der Waals surface area contributed by atoms with Crippen LogP contribution in [0.3, 0.4) is 0 Å². The fourth-order valence-electron chi connectivity index (χ4n) is 1.54. The molecule has 0 saturated heterocycles. The summed E-state index contributed by atoms with van der Waals surface area (Å²) in [5.41, 5.74) is 5.37. The van der Waals surface area contributed by atoms with E-state index in [9.17, 15) is 13.9 Å². The number of hydrogen-bond acceptors (Lipinski definition) is 2. The van der Waals surface area contributed by atoms with Crippen LogP contribution in [0.2, 0.25) is 0 Å². The van der Waals surface area contributed by atoms with E-state index in [0.29, 0.717) is 0 Å². The third kappa shape index (κ3) is 3.48. The second-order valence-corrected chi connectivity index (χ2v) is 5.36. The standard InChI is InChI=1S/C13H19F2NO/c1-13(2,3)11(16)7-10(17)12-8(14)5-4-6-9(12)15/h4-6,10-11,17H,7,16H2,1-3H3/t10-,11+/m1/s1. The summed E-state index contributed by atoms with van der Waals surface area (Å²) < 4.78 is 26.8. The molecule has 0 amide bonds. The molecule has 0 bridgehead atoms. The molecule has 2 nitrogen and oxygen atoms in total. The summed E-state index contributed by atoms with van der Waals surface area (Å²) in [7, 11) is 0. The van der Waals surface area contributed by atoms with Gasteiger partial charge in [-0.15, -0.1) is 0 Å². The molecule has 96 valence electrons. The monoisotopic (exact) mass is 243 g/mol. The predicted octanol–water partition coefficient (Wildman–Crippen LogP) is 2.76. The van der Waals surface area contributed by atoms with Crippen LogP contribution in [0.4, 0.5) is 8.78 Å². The summed E-state index contributed by atoms with van der Waals surface area (Å²) in [6.07, 6.45) is -1.09. The highest BCUT2D eigenvalue weighted by atomic mass is 19.1. The number of rotatable bonds is 3. The maximum atomic E-state index is 13.4. The highest BCUT2D eigenvalue weighted by molar-refractivity contribution is 5.22. The minimum absolute atomic E-state index is 0.126. The fraction of sp³-hybridized carbons (Fsp3) is 0.538. The molecule has 0 aromatic heterocycles. The maximum Gasteiger partial charge on any atom is 0.131 e. The van der Waals surface area contributed by atoms with Crippen molar-refractivity contribution in [3.8, 4) is 0 Å². The van der Waals surface area contributed by atoms with Gasteiger partial charge >= 0.3 is 0 Å². The first kappa shape index (κ1) is 14.1. The Hall–Kier alpha value is -1.00. The van der Waals surface area contributed by atoms with E-state index in [1.165, 1.54) is 6.07 Å². The van der Waals surface area contributed by atoms with E-state index in [0.717, 1.165) is 12.1 Å². The first-order valence-electron chi connectivity index (χ1n) is 5.61. The second kappa shape index (κ2) is 5.10. The molecule has 0 unspecified atom stereocenters. The molecule has 0 spiro atoms. The minimum atomic E-state index is -1.22. The summed E-state index contributed by atoms with van der Waals surface area (Å²) in [6.45, 7) is 5.76. The lowest BCUT2D eigenvalue weighted by Crippen LogP contribution is -2.36. The molecule has 0 aliphatic heterocycles. The van der Waals surface area contributed by atoms with Crippen LogP contribution in [0, 0.1) is 17.0 Å². The van der Waals surface area contributed by atoms with E-state index in [2.05, 4.69) is 0 Å². The van der Waals surface area contributed by atoms with Gasteiger partial charge in [-0.2, -0.15) is 0 Å². The van der Waals surface area contributed by atoms with Crippen molar-refractivity contribution in [1.29, 1.82) is 0 Å².